The van der Waals surface area contributed by atoms with Crippen molar-refractivity contribution < 1.29 is 18.3 Å². The number of nitrogens with one attached hydrogen (secondary N) is 1. The average molecular weight is 273 g/mol. The number of ether oxygens (including phenoxy) is 1. The molecule has 0 bridgehead atoms. The summed E-state index contributed by atoms with van der Waals surface area (Å²) in [5.74, 6) is 0. The fraction of sp³-hybridized carbons (Fsp3) is 0.500. The van der Waals surface area contributed by atoms with E-state index >= 15 is 0 Å². The summed E-state index contributed by atoms with van der Waals surface area (Å²) in [5.41, 5.74) is -0.207. The second-order valence-electron chi connectivity index (χ2n) is 4.55. The number of hydrogen-bond donors (Lipinski definition) is 2. The summed E-state index contributed by atoms with van der Waals surface area (Å²) in [5, 5.41) is 9.14. The van der Waals surface area contributed by atoms with Crippen molar-refractivity contribution in [2.75, 3.05) is 13.7 Å². The number of hydrogen-bond acceptors (Lipinski definition) is 4. The van der Waals surface area contributed by atoms with Gasteiger partial charge in [-0.1, -0.05) is 18.2 Å². The van der Waals surface area contributed by atoms with Crippen LogP contribution in [0.15, 0.2) is 29.2 Å². The summed E-state index contributed by atoms with van der Waals surface area (Å²) in [6, 6.07) is 6.35. The molecule has 1 rings (SSSR count). The third kappa shape index (κ3) is 3.78. The molecular weight excluding hydrogens is 254 g/mol. The zero-order chi connectivity index (χ0) is 13.8. The number of rotatable bonds is 6. The minimum absolute atomic E-state index is 0.0967. The Labute approximate surface area is 108 Å². The molecule has 0 unspecified atom stereocenters. The molecule has 0 saturated heterocycles. The largest absolute Gasteiger partial charge is 0.392 e. The Morgan fingerprint density at radius 1 is 1.33 bits per heavy atom. The first-order chi connectivity index (χ1) is 8.32. The van der Waals surface area contributed by atoms with E-state index in [4.69, 9.17) is 9.84 Å². The van der Waals surface area contributed by atoms with Gasteiger partial charge in [-0.15, -0.1) is 0 Å². The van der Waals surface area contributed by atoms with Gasteiger partial charge in [0, 0.05) is 13.7 Å². The van der Waals surface area contributed by atoms with Crippen LogP contribution in [0.3, 0.4) is 0 Å². The van der Waals surface area contributed by atoms with Crippen LogP contribution in [0.4, 0.5) is 0 Å². The third-order valence-corrected chi connectivity index (χ3v) is 4.17. The molecule has 0 spiro atoms. The van der Waals surface area contributed by atoms with E-state index in [0.29, 0.717) is 5.56 Å². The molecule has 0 aliphatic carbocycles. The molecule has 0 aromatic heterocycles. The SMILES string of the molecule is COC(C)(C)CNS(=O)(=O)c1ccccc1CO. The molecule has 0 atom stereocenters. The molecule has 0 saturated carbocycles. The first-order valence-corrected chi connectivity index (χ1v) is 7.04. The highest BCUT2D eigenvalue weighted by molar-refractivity contribution is 7.89. The van der Waals surface area contributed by atoms with E-state index in [1.807, 2.05) is 0 Å². The molecule has 0 heterocycles. The van der Waals surface area contributed by atoms with Gasteiger partial charge in [0.1, 0.15) is 0 Å². The Bertz CT molecular complexity index is 497. The van der Waals surface area contributed by atoms with Crippen molar-refractivity contribution in [2.24, 2.45) is 0 Å². The summed E-state index contributed by atoms with van der Waals surface area (Å²) >= 11 is 0. The van der Waals surface area contributed by atoms with Gasteiger partial charge in [-0.3, -0.25) is 0 Å². The monoisotopic (exact) mass is 273 g/mol. The second-order valence-corrected chi connectivity index (χ2v) is 6.29. The lowest BCUT2D eigenvalue weighted by atomic mass is 10.1. The predicted molar refractivity (Wildman–Crippen MR) is 68.6 cm³/mol. The topological polar surface area (TPSA) is 75.6 Å². The van der Waals surface area contributed by atoms with Crippen LogP contribution in [-0.2, 0) is 21.4 Å². The van der Waals surface area contributed by atoms with Crippen molar-refractivity contribution in [1.82, 2.24) is 4.72 Å². The minimum atomic E-state index is -3.64. The fourth-order valence-corrected chi connectivity index (χ4v) is 2.74. The van der Waals surface area contributed by atoms with Gasteiger partial charge in [0.05, 0.1) is 17.1 Å². The molecule has 102 valence electrons. The van der Waals surface area contributed by atoms with Crippen LogP contribution in [0.1, 0.15) is 19.4 Å². The van der Waals surface area contributed by atoms with Gasteiger partial charge in [0.25, 0.3) is 0 Å². The van der Waals surface area contributed by atoms with Crippen molar-refractivity contribution in [3.8, 4) is 0 Å². The van der Waals surface area contributed by atoms with Gasteiger partial charge in [-0.05, 0) is 25.5 Å². The van der Waals surface area contributed by atoms with E-state index in [2.05, 4.69) is 4.72 Å². The zero-order valence-corrected chi connectivity index (χ0v) is 11.6. The van der Waals surface area contributed by atoms with Crippen LogP contribution >= 0.6 is 0 Å². The molecular formula is C12H19NO4S. The van der Waals surface area contributed by atoms with Crippen molar-refractivity contribution in [1.29, 1.82) is 0 Å². The normalized spacial score (nSPS) is 12.7. The summed E-state index contributed by atoms with van der Waals surface area (Å²) in [6.07, 6.45) is 0. The maximum absolute atomic E-state index is 12.1. The van der Waals surface area contributed by atoms with Crippen LogP contribution in [-0.4, -0.2) is 32.8 Å². The molecule has 0 aliphatic heterocycles. The molecule has 1 aromatic rings. The Kier molecular flexibility index (Phi) is 4.86. The van der Waals surface area contributed by atoms with Gasteiger partial charge in [-0.2, -0.15) is 0 Å². The molecule has 0 aliphatic rings. The predicted octanol–water partition coefficient (Wildman–Crippen LogP) is 0.882. The van der Waals surface area contributed by atoms with Gasteiger partial charge in [0.15, 0.2) is 0 Å². The molecule has 6 heteroatoms. The zero-order valence-electron chi connectivity index (χ0n) is 10.8. The lowest BCUT2D eigenvalue weighted by Gasteiger charge is -2.23. The maximum Gasteiger partial charge on any atom is 0.241 e. The molecule has 0 amide bonds. The molecule has 0 fully saturated rings. The van der Waals surface area contributed by atoms with Gasteiger partial charge in [0.2, 0.25) is 10.0 Å². The Balaban J connectivity index is 2.94. The van der Waals surface area contributed by atoms with Crippen LogP contribution in [0, 0.1) is 0 Å². The molecule has 5 nitrogen and oxygen atoms in total. The lowest BCUT2D eigenvalue weighted by Crippen LogP contribution is -2.39. The lowest BCUT2D eigenvalue weighted by molar-refractivity contribution is 0.0276. The number of benzene rings is 1. The fourth-order valence-electron chi connectivity index (χ4n) is 1.32. The van der Waals surface area contributed by atoms with E-state index < -0.39 is 15.6 Å². The Morgan fingerprint density at radius 2 is 1.94 bits per heavy atom. The first-order valence-electron chi connectivity index (χ1n) is 5.56. The van der Waals surface area contributed by atoms with Crippen molar-refractivity contribution >= 4 is 10.0 Å². The van der Waals surface area contributed by atoms with Crippen LogP contribution in [0.25, 0.3) is 0 Å². The van der Waals surface area contributed by atoms with Crippen LogP contribution < -0.4 is 4.72 Å². The van der Waals surface area contributed by atoms with Gasteiger partial charge >= 0.3 is 0 Å². The average Bonchev–Trinajstić information content (AvgIpc) is 2.37. The maximum atomic E-state index is 12.1. The molecule has 18 heavy (non-hydrogen) atoms. The minimum Gasteiger partial charge on any atom is -0.392 e. The number of methoxy groups -OCH3 is 1. The van der Waals surface area contributed by atoms with E-state index in [-0.39, 0.29) is 18.0 Å². The smallest absolute Gasteiger partial charge is 0.241 e. The molecule has 2 N–H and O–H groups in total. The molecule has 1 aromatic carbocycles. The summed E-state index contributed by atoms with van der Waals surface area (Å²) in [7, 11) is -2.11. The second kappa shape index (κ2) is 5.79. The highest BCUT2D eigenvalue weighted by Gasteiger charge is 2.23. The highest BCUT2D eigenvalue weighted by atomic mass is 32.2. The third-order valence-electron chi connectivity index (χ3n) is 2.67. The van der Waals surface area contributed by atoms with Gasteiger partial charge < -0.3 is 9.84 Å². The molecule has 0 radical (unpaired) electrons. The quantitative estimate of drug-likeness (QED) is 0.807. The van der Waals surface area contributed by atoms with E-state index in [0.717, 1.165) is 0 Å². The van der Waals surface area contributed by atoms with E-state index in [9.17, 15) is 8.42 Å². The Hall–Kier alpha value is -0.950. The standard InChI is InChI=1S/C12H19NO4S/c1-12(2,17-3)9-13-18(15,16)11-7-5-4-6-10(11)8-14/h4-7,13-14H,8-9H2,1-3H3. The van der Waals surface area contributed by atoms with Crippen molar-refractivity contribution in [3.05, 3.63) is 29.8 Å². The summed E-state index contributed by atoms with van der Waals surface area (Å²) < 4.78 is 31.8. The number of sulfonamides is 1. The van der Waals surface area contributed by atoms with Crippen LogP contribution in [0.5, 0.6) is 0 Å². The van der Waals surface area contributed by atoms with Crippen molar-refractivity contribution in [3.63, 3.8) is 0 Å². The highest BCUT2D eigenvalue weighted by Crippen LogP contribution is 2.16. The number of aliphatic hydroxyl groups excluding tert-OH is 1. The van der Waals surface area contributed by atoms with E-state index in [1.165, 1.54) is 13.2 Å². The Morgan fingerprint density at radius 3 is 2.50 bits per heavy atom. The summed E-state index contributed by atoms with van der Waals surface area (Å²) in [6.45, 7) is 3.41. The van der Waals surface area contributed by atoms with Crippen LogP contribution in [0.2, 0.25) is 0 Å². The van der Waals surface area contributed by atoms with E-state index in [1.54, 1.807) is 32.0 Å². The van der Waals surface area contributed by atoms with Crippen molar-refractivity contribution in [2.45, 2.75) is 31.0 Å². The number of aliphatic hydroxyl groups is 1. The first kappa shape index (κ1) is 15.1. The van der Waals surface area contributed by atoms with Gasteiger partial charge in [-0.25, -0.2) is 13.1 Å². The summed E-state index contributed by atoms with van der Waals surface area (Å²) in [4.78, 5) is 0.0967.